The molecule has 4 aromatic rings. The number of pyridine rings is 2. The van der Waals surface area contributed by atoms with Crippen molar-refractivity contribution in [2.75, 3.05) is 10.6 Å². The minimum atomic E-state index is -0.447. The molecule has 2 aromatic carbocycles. The summed E-state index contributed by atoms with van der Waals surface area (Å²) in [5.41, 5.74) is 2.90. The van der Waals surface area contributed by atoms with Crippen LogP contribution in [0.5, 0.6) is 0 Å². The highest BCUT2D eigenvalue weighted by Gasteiger charge is 2.11. The van der Waals surface area contributed by atoms with E-state index in [9.17, 15) is 10.1 Å². The number of nitro groups is 1. The fraction of sp³-hybridized carbons (Fsp3) is 0. The maximum Gasteiger partial charge on any atom is 0.271 e. The largest absolute Gasteiger partial charge is 0.332 e. The lowest BCUT2D eigenvalue weighted by atomic mass is 10.1. The van der Waals surface area contributed by atoms with Crippen LogP contribution >= 0.6 is 12.2 Å². The molecule has 27 heavy (non-hydrogen) atoms. The van der Waals surface area contributed by atoms with Crippen LogP contribution in [0.4, 0.5) is 17.1 Å². The predicted molar refractivity (Wildman–Crippen MR) is 110 cm³/mol. The van der Waals surface area contributed by atoms with Crippen molar-refractivity contribution < 1.29 is 4.92 Å². The van der Waals surface area contributed by atoms with E-state index in [1.807, 2.05) is 30.3 Å². The van der Waals surface area contributed by atoms with E-state index in [4.69, 9.17) is 12.2 Å². The second-order valence-electron chi connectivity index (χ2n) is 5.79. The van der Waals surface area contributed by atoms with Gasteiger partial charge in [-0.25, -0.2) is 0 Å². The maximum absolute atomic E-state index is 10.9. The molecule has 2 aromatic heterocycles. The number of nitrogens with zero attached hydrogens (tertiary/aromatic N) is 3. The zero-order chi connectivity index (χ0) is 18.8. The Hall–Kier alpha value is -3.65. The van der Waals surface area contributed by atoms with Crippen LogP contribution in [0.15, 0.2) is 67.0 Å². The third-order valence-corrected chi connectivity index (χ3v) is 4.23. The fourth-order valence-corrected chi connectivity index (χ4v) is 3.09. The Morgan fingerprint density at radius 2 is 1.74 bits per heavy atom. The van der Waals surface area contributed by atoms with Crippen molar-refractivity contribution in [2.24, 2.45) is 0 Å². The smallest absolute Gasteiger partial charge is 0.271 e. The molecule has 7 nitrogen and oxygen atoms in total. The van der Waals surface area contributed by atoms with E-state index in [1.165, 1.54) is 12.1 Å². The van der Waals surface area contributed by atoms with Crippen molar-refractivity contribution in [3.63, 3.8) is 0 Å². The Kier molecular flexibility index (Phi) is 4.31. The normalized spacial score (nSPS) is 10.7. The number of benzene rings is 2. The molecular formula is C19H13N5O2S. The first-order chi connectivity index (χ1) is 13.1. The van der Waals surface area contributed by atoms with E-state index in [0.29, 0.717) is 10.8 Å². The zero-order valence-corrected chi connectivity index (χ0v) is 14.7. The molecule has 2 N–H and O–H groups in total. The molecule has 0 amide bonds. The Balaban J connectivity index is 1.67. The first-order valence-corrected chi connectivity index (χ1v) is 8.47. The lowest BCUT2D eigenvalue weighted by molar-refractivity contribution is -0.384. The molecule has 0 spiro atoms. The van der Waals surface area contributed by atoms with Crippen molar-refractivity contribution in [3.8, 4) is 0 Å². The first kappa shape index (κ1) is 16.8. The molecule has 0 saturated heterocycles. The van der Waals surface area contributed by atoms with Crippen molar-refractivity contribution in [3.05, 3.63) is 77.1 Å². The van der Waals surface area contributed by atoms with Gasteiger partial charge in [0.1, 0.15) is 0 Å². The predicted octanol–water partition coefficient (Wildman–Crippen LogP) is 4.50. The quantitative estimate of drug-likeness (QED) is 0.236. The van der Waals surface area contributed by atoms with Crippen LogP contribution in [-0.4, -0.2) is 20.0 Å². The summed E-state index contributed by atoms with van der Waals surface area (Å²) in [6, 6.07) is 15.7. The number of hydrogen-bond donors (Lipinski definition) is 2. The summed E-state index contributed by atoms with van der Waals surface area (Å²) in [6.07, 6.45) is 3.46. The second kappa shape index (κ2) is 6.93. The van der Waals surface area contributed by atoms with Gasteiger partial charge in [-0.1, -0.05) is 12.1 Å². The molecule has 132 valence electrons. The lowest BCUT2D eigenvalue weighted by Crippen LogP contribution is -2.19. The van der Waals surface area contributed by atoms with Crippen LogP contribution in [0.2, 0.25) is 0 Å². The molecule has 0 radical (unpaired) electrons. The number of thiocarbonyl (C=S) groups is 1. The van der Waals surface area contributed by atoms with E-state index >= 15 is 0 Å². The summed E-state index contributed by atoms with van der Waals surface area (Å²) in [5, 5.41) is 19.2. The van der Waals surface area contributed by atoms with E-state index in [0.717, 1.165) is 27.5 Å². The summed E-state index contributed by atoms with van der Waals surface area (Å²) < 4.78 is 0. The third-order valence-electron chi connectivity index (χ3n) is 4.02. The van der Waals surface area contributed by atoms with Crippen molar-refractivity contribution in [2.45, 2.75) is 0 Å². The second-order valence-corrected chi connectivity index (χ2v) is 6.19. The number of fused-ring (bicyclic) bond motifs is 3. The number of nitrogens with one attached hydrogen (secondary N) is 2. The summed E-state index contributed by atoms with van der Waals surface area (Å²) in [4.78, 5) is 19.3. The highest BCUT2D eigenvalue weighted by molar-refractivity contribution is 7.80. The van der Waals surface area contributed by atoms with Crippen LogP contribution in [0.1, 0.15) is 0 Å². The first-order valence-electron chi connectivity index (χ1n) is 8.07. The molecule has 0 aliphatic rings. The molecular weight excluding hydrogens is 362 g/mol. The molecule has 8 heteroatoms. The molecule has 0 atom stereocenters. The summed E-state index contributed by atoms with van der Waals surface area (Å²) in [5.74, 6) is 0. The SMILES string of the molecule is O=[N+]([O-])c1cccc(NC(=S)Nc2cc3cccnc3c3ncccc23)c1. The Bertz CT molecular complexity index is 1200. The van der Waals surface area contributed by atoms with E-state index in [1.54, 1.807) is 24.5 Å². The lowest BCUT2D eigenvalue weighted by Gasteiger charge is -2.13. The van der Waals surface area contributed by atoms with Gasteiger partial charge in [-0.3, -0.25) is 20.1 Å². The van der Waals surface area contributed by atoms with E-state index in [2.05, 4.69) is 20.6 Å². The molecule has 0 aliphatic carbocycles. The summed E-state index contributed by atoms with van der Waals surface area (Å²) in [6.45, 7) is 0. The van der Waals surface area contributed by atoms with Gasteiger partial charge >= 0.3 is 0 Å². The summed E-state index contributed by atoms with van der Waals surface area (Å²) >= 11 is 5.38. The van der Waals surface area contributed by atoms with Crippen LogP contribution < -0.4 is 10.6 Å². The number of rotatable bonds is 3. The van der Waals surface area contributed by atoms with E-state index < -0.39 is 4.92 Å². The van der Waals surface area contributed by atoms with Gasteiger partial charge in [0, 0.05) is 41.0 Å². The number of anilines is 2. The van der Waals surface area contributed by atoms with Crippen molar-refractivity contribution in [1.29, 1.82) is 0 Å². The van der Waals surface area contributed by atoms with Gasteiger partial charge in [-0.15, -0.1) is 0 Å². The molecule has 0 bridgehead atoms. The number of nitro benzene ring substituents is 1. The molecule has 0 fully saturated rings. The maximum atomic E-state index is 10.9. The third kappa shape index (κ3) is 3.38. The van der Waals surface area contributed by atoms with Gasteiger partial charge in [-0.2, -0.15) is 0 Å². The standard InChI is InChI=1S/C19H13N5O2S/c25-24(26)14-6-1-5-13(11-14)22-19(27)23-16-10-12-4-2-8-20-17(12)18-15(16)7-3-9-21-18/h1-11H,(H2,22,23,27). The highest BCUT2D eigenvalue weighted by atomic mass is 32.1. The molecule has 2 heterocycles. The van der Waals surface area contributed by atoms with Gasteiger partial charge in [0.15, 0.2) is 5.11 Å². The van der Waals surface area contributed by atoms with Gasteiger partial charge < -0.3 is 10.6 Å². The average molecular weight is 375 g/mol. The number of aromatic nitrogens is 2. The fourth-order valence-electron chi connectivity index (χ4n) is 2.86. The van der Waals surface area contributed by atoms with Crippen molar-refractivity contribution >= 4 is 56.2 Å². The molecule has 0 saturated carbocycles. The number of hydrogen-bond acceptors (Lipinski definition) is 5. The Morgan fingerprint density at radius 1 is 0.963 bits per heavy atom. The molecule has 4 rings (SSSR count). The molecule has 0 aliphatic heterocycles. The van der Waals surface area contributed by atoms with Gasteiger partial charge in [0.2, 0.25) is 0 Å². The van der Waals surface area contributed by atoms with Gasteiger partial charge in [0.05, 0.1) is 21.6 Å². The topological polar surface area (TPSA) is 93.0 Å². The zero-order valence-electron chi connectivity index (χ0n) is 13.9. The highest BCUT2D eigenvalue weighted by Crippen LogP contribution is 2.29. The van der Waals surface area contributed by atoms with Crippen LogP contribution in [0, 0.1) is 10.1 Å². The molecule has 0 unspecified atom stereocenters. The monoisotopic (exact) mass is 375 g/mol. The van der Waals surface area contributed by atoms with Crippen molar-refractivity contribution in [1.82, 2.24) is 9.97 Å². The minimum absolute atomic E-state index is 0.00534. The van der Waals surface area contributed by atoms with Crippen LogP contribution in [0.25, 0.3) is 21.8 Å². The van der Waals surface area contributed by atoms with Crippen LogP contribution in [0.3, 0.4) is 0 Å². The number of non-ortho nitro benzene ring substituents is 1. The van der Waals surface area contributed by atoms with E-state index in [-0.39, 0.29) is 5.69 Å². The van der Waals surface area contributed by atoms with Gasteiger partial charge in [-0.05, 0) is 42.5 Å². The minimum Gasteiger partial charge on any atom is -0.332 e. The Labute approximate surface area is 159 Å². The average Bonchev–Trinajstić information content (AvgIpc) is 2.68. The van der Waals surface area contributed by atoms with Gasteiger partial charge in [0.25, 0.3) is 5.69 Å². The Morgan fingerprint density at radius 3 is 2.56 bits per heavy atom. The summed E-state index contributed by atoms with van der Waals surface area (Å²) in [7, 11) is 0. The van der Waals surface area contributed by atoms with Crippen LogP contribution in [-0.2, 0) is 0 Å².